The number of fused-ring (bicyclic) bond motifs is 2. The van der Waals surface area contributed by atoms with Crippen molar-refractivity contribution in [1.82, 2.24) is 9.55 Å². The lowest BCUT2D eigenvalue weighted by Gasteiger charge is -2.13. The summed E-state index contributed by atoms with van der Waals surface area (Å²) in [6, 6.07) is 15.2. The maximum absolute atomic E-state index is 5.59. The molecule has 4 aromatic rings. The first-order valence-corrected chi connectivity index (χ1v) is 11.9. The minimum Gasteiger partial charge on any atom is -0.361 e. The topological polar surface area (TPSA) is 39.2 Å². The summed E-state index contributed by atoms with van der Waals surface area (Å²) in [5.74, 6) is 0. The van der Waals surface area contributed by atoms with E-state index in [1.807, 2.05) is 47.7 Å². The molecule has 0 bridgehead atoms. The molecule has 0 aliphatic heterocycles. The normalized spacial score (nSPS) is 10.0. The van der Waals surface area contributed by atoms with E-state index >= 15 is 0 Å². The Kier molecular flexibility index (Phi) is 12.4. The number of para-hydroxylation sites is 1. The van der Waals surface area contributed by atoms with Crippen LogP contribution in [0.15, 0.2) is 48.7 Å². The summed E-state index contributed by atoms with van der Waals surface area (Å²) in [7, 11) is 1.65. The smallest absolute Gasteiger partial charge is 0.146 e. The average Bonchev–Trinajstić information content (AvgIpc) is 3.43. The number of hydrogen-bond acceptors (Lipinski definition) is 2. The van der Waals surface area contributed by atoms with Crippen LogP contribution in [0.25, 0.3) is 33.1 Å². The van der Waals surface area contributed by atoms with Crippen molar-refractivity contribution in [1.29, 1.82) is 0 Å². The van der Waals surface area contributed by atoms with Crippen molar-refractivity contribution in [2.45, 2.75) is 61.9 Å². The first kappa shape index (κ1) is 27.5. The first-order valence-electron chi connectivity index (χ1n) is 11.9. The number of aromatic amines is 1. The number of benzene rings is 2. The third kappa shape index (κ3) is 6.02. The summed E-state index contributed by atoms with van der Waals surface area (Å²) in [6.45, 7) is 18.1. The monoisotopic (exact) mass is 438 g/mol. The second-order valence-corrected chi connectivity index (χ2v) is 6.71. The molecule has 0 amide bonds. The van der Waals surface area contributed by atoms with Crippen molar-refractivity contribution in [2.24, 2.45) is 0 Å². The maximum atomic E-state index is 5.59. The van der Waals surface area contributed by atoms with Crippen molar-refractivity contribution >= 4 is 21.8 Å². The molecule has 2 aromatic carbocycles. The lowest BCUT2D eigenvalue weighted by molar-refractivity contribution is -0.0326. The molecule has 0 atom stereocenters. The van der Waals surface area contributed by atoms with Crippen LogP contribution in [0.1, 0.15) is 52.7 Å². The Morgan fingerprint density at radius 3 is 2.31 bits per heavy atom. The molecule has 0 aliphatic rings. The number of nitrogens with one attached hydrogen (secondary N) is 1. The molecule has 0 radical (unpaired) electrons. The average molecular weight is 439 g/mol. The largest absolute Gasteiger partial charge is 0.361 e. The molecular weight excluding hydrogens is 396 g/mol. The van der Waals surface area contributed by atoms with E-state index in [9.17, 15) is 0 Å². The third-order valence-corrected chi connectivity index (χ3v) is 4.98. The molecule has 0 saturated heterocycles. The van der Waals surface area contributed by atoms with E-state index in [-0.39, 0.29) is 0 Å². The quantitative estimate of drug-likeness (QED) is 0.244. The van der Waals surface area contributed by atoms with E-state index in [4.69, 9.17) is 9.47 Å². The van der Waals surface area contributed by atoms with Gasteiger partial charge in [0.05, 0.1) is 17.8 Å². The standard InChI is InChI=1S/C22H24N2O2.3C2H6/c1-15-7-8-18-16(2)22(19-6-4-5-17-9-10-23-21(17)19)24(20(18)13-15)11-12-26-14-25-3;3*1-2/h4-10,13,23H,11-12,14H2,1-3H3;3*1-2H3. The van der Waals surface area contributed by atoms with Crippen LogP contribution in [0.3, 0.4) is 0 Å². The molecule has 4 rings (SSSR count). The Bertz CT molecular complexity index is 1060. The lowest BCUT2D eigenvalue weighted by Crippen LogP contribution is -2.09. The second-order valence-electron chi connectivity index (χ2n) is 6.71. The molecule has 32 heavy (non-hydrogen) atoms. The fraction of sp³-hybridized carbons (Fsp3) is 0.429. The van der Waals surface area contributed by atoms with E-state index in [0.717, 1.165) is 6.54 Å². The zero-order valence-electron chi connectivity index (χ0n) is 21.5. The molecule has 0 fully saturated rings. The molecule has 2 aromatic heterocycles. The Balaban J connectivity index is 0.000000789. The van der Waals surface area contributed by atoms with Gasteiger partial charge in [-0.2, -0.15) is 0 Å². The predicted molar refractivity (Wildman–Crippen MR) is 141 cm³/mol. The molecule has 4 heteroatoms. The van der Waals surface area contributed by atoms with Crippen LogP contribution in [0, 0.1) is 13.8 Å². The van der Waals surface area contributed by atoms with Crippen LogP contribution in [-0.4, -0.2) is 30.1 Å². The first-order chi connectivity index (χ1) is 15.7. The van der Waals surface area contributed by atoms with Gasteiger partial charge in [-0.15, -0.1) is 0 Å². The van der Waals surface area contributed by atoms with Crippen LogP contribution >= 0.6 is 0 Å². The Morgan fingerprint density at radius 2 is 1.62 bits per heavy atom. The van der Waals surface area contributed by atoms with Crippen LogP contribution < -0.4 is 0 Å². The number of aromatic nitrogens is 2. The zero-order valence-corrected chi connectivity index (χ0v) is 21.5. The highest BCUT2D eigenvalue weighted by atomic mass is 16.7. The van der Waals surface area contributed by atoms with Gasteiger partial charge in [0.15, 0.2) is 0 Å². The van der Waals surface area contributed by atoms with Gasteiger partial charge >= 0.3 is 0 Å². The highest BCUT2D eigenvalue weighted by Crippen LogP contribution is 2.36. The van der Waals surface area contributed by atoms with Gasteiger partial charge in [0, 0.05) is 41.7 Å². The molecule has 0 spiro atoms. The van der Waals surface area contributed by atoms with E-state index in [1.165, 1.54) is 44.2 Å². The highest BCUT2D eigenvalue weighted by molar-refractivity contribution is 5.99. The molecule has 2 heterocycles. The van der Waals surface area contributed by atoms with Gasteiger partial charge < -0.3 is 19.0 Å². The number of rotatable bonds is 6. The van der Waals surface area contributed by atoms with Gasteiger partial charge in [0.1, 0.15) is 6.79 Å². The number of aryl methyl sites for hydroxylation is 2. The Hall–Kier alpha value is -2.56. The fourth-order valence-corrected chi connectivity index (χ4v) is 3.79. The minimum absolute atomic E-state index is 0.318. The van der Waals surface area contributed by atoms with Crippen LogP contribution in [-0.2, 0) is 16.0 Å². The number of H-pyrrole nitrogens is 1. The Morgan fingerprint density at radius 1 is 0.906 bits per heavy atom. The summed E-state index contributed by atoms with van der Waals surface area (Å²) < 4.78 is 13.0. The SMILES string of the molecule is CC.CC.CC.COCOCCn1c(-c2cccc3cc[nH]c23)c(C)c2ccc(C)cc21. The number of nitrogens with zero attached hydrogens (tertiary/aromatic N) is 1. The van der Waals surface area contributed by atoms with Crippen LogP contribution in [0.2, 0.25) is 0 Å². The number of methoxy groups -OCH3 is 1. The van der Waals surface area contributed by atoms with E-state index in [0.29, 0.717) is 13.4 Å². The molecule has 0 saturated carbocycles. The summed E-state index contributed by atoms with van der Waals surface area (Å²) in [6.07, 6.45) is 2.00. The molecule has 1 N–H and O–H groups in total. The van der Waals surface area contributed by atoms with Gasteiger partial charge in [0.25, 0.3) is 0 Å². The summed E-state index contributed by atoms with van der Waals surface area (Å²) in [4.78, 5) is 3.41. The lowest BCUT2D eigenvalue weighted by atomic mass is 10.0. The molecule has 176 valence electrons. The van der Waals surface area contributed by atoms with Gasteiger partial charge in [-0.1, -0.05) is 71.9 Å². The van der Waals surface area contributed by atoms with Crippen molar-refractivity contribution in [3.8, 4) is 11.3 Å². The van der Waals surface area contributed by atoms with E-state index < -0.39 is 0 Å². The number of ether oxygens (including phenoxy) is 2. The van der Waals surface area contributed by atoms with Gasteiger partial charge in [-0.3, -0.25) is 0 Å². The summed E-state index contributed by atoms with van der Waals surface area (Å²) >= 11 is 0. The van der Waals surface area contributed by atoms with Crippen molar-refractivity contribution in [3.63, 3.8) is 0 Å². The van der Waals surface area contributed by atoms with Crippen LogP contribution in [0.5, 0.6) is 0 Å². The van der Waals surface area contributed by atoms with Crippen molar-refractivity contribution < 1.29 is 9.47 Å². The number of hydrogen-bond donors (Lipinski definition) is 1. The minimum atomic E-state index is 0.318. The van der Waals surface area contributed by atoms with Gasteiger partial charge in [0.2, 0.25) is 0 Å². The Labute approximate surface area is 194 Å². The molecule has 4 nitrogen and oxygen atoms in total. The highest BCUT2D eigenvalue weighted by Gasteiger charge is 2.18. The van der Waals surface area contributed by atoms with Crippen molar-refractivity contribution in [3.05, 3.63) is 59.8 Å². The second kappa shape index (κ2) is 14.5. The summed E-state index contributed by atoms with van der Waals surface area (Å²) in [5.41, 5.74) is 7.47. The van der Waals surface area contributed by atoms with Gasteiger partial charge in [-0.25, -0.2) is 0 Å². The predicted octanol–water partition coefficient (Wildman–Crippen LogP) is 8.11. The van der Waals surface area contributed by atoms with Gasteiger partial charge in [-0.05, 0) is 37.1 Å². The molecular formula is C28H42N2O2. The maximum Gasteiger partial charge on any atom is 0.146 e. The van der Waals surface area contributed by atoms with Crippen molar-refractivity contribution in [2.75, 3.05) is 20.5 Å². The summed E-state index contributed by atoms with van der Waals surface area (Å²) in [5, 5.41) is 2.52. The molecule has 0 aliphatic carbocycles. The molecule has 0 unspecified atom stereocenters. The van der Waals surface area contributed by atoms with E-state index in [2.05, 4.69) is 65.9 Å². The fourth-order valence-electron chi connectivity index (χ4n) is 3.79. The third-order valence-electron chi connectivity index (χ3n) is 4.98. The zero-order chi connectivity index (χ0) is 24.1. The van der Waals surface area contributed by atoms with Crippen LogP contribution in [0.4, 0.5) is 0 Å². The van der Waals surface area contributed by atoms with E-state index in [1.54, 1.807) is 7.11 Å².